The Hall–Kier alpha value is -0.0900. The van der Waals surface area contributed by atoms with Gasteiger partial charge in [-0.1, -0.05) is 17.7 Å². The summed E-state index contributed by atoms with van der Waals surface area (Å²) in [7, 11) is 0. The molecule has 1 aromatic rings. The van der Waals surface area contributed by atoms with Gasteiger partial charge in [0.25, 0.3) is 0 Å². The molecule has 0 aliphatic heterocycles. The second-order valence-electron chi connectivity index (χ2n) is 2.61. The van der Waals surface area contributed by atoms with Crippen LogP contribution in [-0.2, 0) is 0 Å². The van der Waals surface area contributed by atoms with Crippen molar-refractivity contribution in [2.75, 3.05) is 0 Å². The Morgan fingerprint density at radius 3 is 2.58 bits per heavy atom. The minimum Gasteiger partial charge on any atom is -0.294 e. The monoisotopic (exact) mass is 294 g/mol. The van der Waals surface area contributed by atoms with Gasteiger partial charge in [0.15, 0.2) is 5.78 Å². The van der Waals surface area contributed by atoms with Gasteiger partial charge in [-0.25, -0.2) is 0 Å². The van der Waals surface area contributed by atoms with Crippen LogP contribution in [0.25, 0.3) is 0 Å². The first-order valence-corrected chi connectivity index (χ1v) is 4.95. The van der Waals surface area contributed by atoms with Gasteiger partial charge in [0.1, 0.15) is 0 Å². The minimum absolute atomic E-state index is 0.0120. The van der Waals surface area contributed by atoms with Crippen molar-refractivity contribution in [3.8, 4) is 0 Å². The van der Waals surface area contributed by atoms with Gasteiger partial charge < -0.3 is 0 Å². The average molecular weight is 295 g/mol. The van der Waals surface area contributed by atoms with Gasteiger partial charge >= 0.3 is 0 Å². The van der Waals surface area contributed by atoms with Crippen LogP contribution in [0.4, 0.5) is 0 Å². The zero-order chi connectivity index (χ0) is 9.30. The standard InChI is InChI=1S/C9H8ClIO/c1-5-3-4-7(6(2)12)8(10)9(5)11/h3-4H,1-2H3. The molecule has 0 bridgehead atoms. The lowest BCUT2D eigenvalue weighted by atomic mass is 10.1. The third-order valence-electron chi connectivity index (χ3n) is 1.65. The molecule has 64 valence electrons. The molecule has 0 unspecified atom stereocenters. The lowest BCUT2D eigenvalue weighted by molar-refractivity contribution is 0.101. The summed E-state index contributed by atoms with van der Waals surface area (Å²) in [6, 6.07) is 3.67. The summed E-state index contributed by atoms with van der Waals surface area (Å²) in [6.07, 6.45) is 0. The van der Waals surface area contributed by atoms with Crippen LogP contribution < -0.4 is 0 Å². The van der Waals surface area contributed by atoms with Crippen molar-refractivity contribution in [3.05, 3.63) is 31.9 Å². The molecule has 0 amide bonds. The van der Waals surface area contributed by atoms with Crippen LogP contribution in [0.1, 0.15) is 22.8 Å². The Balaban J connectivity index is 3.36. The topological polar surface area (TPSA) is 17.1 Å². The van der Waals surface area contributed by atoms with Crippen LogP contribution in [0.2, 0.25) is 5.02 Å². The van der Waals surface area contributed by atoms with Crippen LogP contribution in [-0.4, -0.2) is 5.78 Å². The number of carbonyl (C=O) groups excluding carboxylic acids is 1. The Bertz CT molecular complexity index is 334. The fourth-order valence-corrected chi connectivity index (χ4v) is 1.73. The average Bonchev–Trinajstić information content (AvgIpc) is 2.00. The van der Waals surface area contributed by atoms with Gasteiger partial charge in [-0.2, -0.15) is 0 Å². The molecule has 1 rings (SSSR count). The molecule has 1 aromatic carbocycles. The van der Waals surface area contributed by atoms with E-state index in [1.807, 2.05) is 13.0 Å². The van der Waals surface area contributed by atoms with E-state index in [1.54, 1.807) is 6.07 Å². The fourth-order valence-electron chi connectivity index (χ4n) is 0.918. The highest BCUT2D eigenvalue weighted by molar-refractivity contribution is 14.1. The number of aryl methyl sites for hydroxylation is 1. The zero-order valence-electron chi connectivity index (χ0n) is 6.82. The largest absolute Gasteiger partial charge is 0.294 e. The number of Topliss-reactive ketones (excluding diaryl/α,β-unsaturated/α-hetero) is 1. The van der Waals surface area contributed by atoms with E-state index in [0.717, 1.165) is 9.13 Å². The first-order chi connectivity index (χ1) is 5.54. The lowest BCUT2D eigenvalue weighted by Gasteiger charge is -2.04. The maximum absolute atomic E-state index is 11.0. The summed E-state index contributed by atoms with van der Waals surface area (Å²) in [5, 5.41) is 0.572. The Morgan fingerprint density at radius 1 is 1.50 bits per heavy atom. The molecule has 0 radical (unpaired) electrons. The van der Waals surface area contributed by atoms with Gasteiger partial charge in [0.05, 0.1) is 5.02 Å². The molecular weight excluding hydrogens is 286 g/mol. The predicted octanol–water partition coefficient (Wildman–Crippen LogP) is 3.46. The fraction of sp³-hybridized carbons (Fsp3) is 0.222. The third-order valence-corrected chi connectivity index (χ3v) is 3.76. The molecule has 3 heteroatoms. The normalized spacial score (nSPS) is 10.0. The number of carbonyl (C=O) groups is 1. The Morgan fingerprint density at radius 2 is 2.08 bits per heavy atom. The highest BCUT2D eigenvalue weighted by Crippen LogP contribution is 2.25. The molecule has 0 aliphatic rings. The van der Waals surface area contributed by atoms with E-state index in [1.165, 1.54) is 6.92 Å². The smallest absolute Gasteiger partial charge is 0.161 e. The van der Waals surface area contributed by atoms with Crippen LogP contribution in [0.15, 0.2) is 12.1 Å². The van der Waals surface area contributed by atoms with Gasteiger partial charge in [-0.3, -0.25) is 4.79 Å². The summed E-state index contributed by atoms with van der Waals surface area (Å²) in [6.45, 7) is 3.49. The number of halogens is 2. The van der Waals surface area contributed by atoms with Crippen molar-refractivity contribution in [2.24, 2.45) is 0 Å². The van der Waals surface area contributed by atoms with Crippen molar-refractivity contribution < 1.29 is 4.79 Å². The van der Waals surface area contributed by atoms with E-state index < -0.39 is 0 Å². The molecule has 0 aliphatic carbocycles. The zero-order valence-corrected chi connectivity index (χ0v) is 9.73. The molecule has 0 heterocycles. The number of hydrogen-bond acceptors (Lipinski definition) is 1. The molecule has 0 atom stereocenters. The van der Waals surface area contributed by atoms with Crippen molar-refractivity contribution in [3.63, 3.8) is 0 Å². The molecule has 0 aromatic heterocycles. The van der Waals surface area contributed by atoms with Crippen LogP contribution in [0, 0.1) is 10.5 Å². The second-order valence-corrected chi connectivity index (χ2v) is 4.07. The van der Waals surface area contributed by atoms with Gasteiger partial charge in [0, 0.05) is 9.13 Å². The summed E-state index contributed by atoms with van der Waals surface area (Å²) in [5.74, 6) is 0.0120. The maximum atomic E-state index is 11.0. The first kappa shape index (κ1) is 9.99. The molecule has 0 spiro atoms. The Labute approximate surface area is 90.3 Å². The number of ketones is 1. The van der Waals surface area contributed by atoms with Gasteiger partial charge in [-0.05, 0) is 48.1 Å². The molecule has 1 nitrogen and oxygen atoms in total. The van der Waals surface area contributed by atoms with Crippen molar-refractivity contribution in [2.45, 2.75) is 13.8 Å². The highest BCUT2D eigenvalue weighted by Gasteiger charge is 2.09. The molecule has 12 heavy (non-hydrogen) atoms. The van der Waals surface area contributed by atoms with Crippen LogP contribution in [0.5, 0.6) is 0 Å². The molecule has 0 fully saturated rings. The predicted molar refractivity (Wildman–Crippen MR) is 58.9 cm³/mol. The summed E-state index contributed by atoms with van der Waals surface area (Å²) in [4.78, 5) is 11.0. The molecule has 0 saturated carbocycles. The summed E-state index contributed by atoms with van der Waals surface area (Å²) < 4.78 is 0.960. The van der Waals surface area contributed by atoms with Crippen LogP contribution in [0.3, 0.4) is 0 Å². The number of hydrogen-bond donors (Lipinski definition) is 0. The van der Waals surface area contributed by atoms with Crippen molar-refractivity contribution in [1.29, 1.82) is 0 Å². The first-order valence-electron chi connectivity index (χ1n) is 3.49. The van der Waals surface area contributed by atoms with E-state index in [9.17, 15) is 4.79 Å². The van der Waals surface area contributed by atoms with Gasteiger partial charge in [-0.15, -0.1) is 0 Å². The minimum atomic E-state index is 0.0120. The molecular formula is C9H8ClIO. The highest BCUT2D eigenvalue weighted by atomic mass is 127. The van der Waals surface area contributed by atoms with E-state index >= 15 is 0 Å². The number of benzene rings is 1. The summed E-state index contributed by atoms with van der Waals surface area (Å²) >= 11 is 8.11. The lowest BCUT2D eigenvalue weighted by Crippen LogP contribution is -1.96. The SMILES string of the molecule is CC(=O)c1ccc(C)c(I)c1Cl. The number of rotatable bonds is 1. The van der Waals surface area contributed by atoms with E-state index in [-0.39, 0.29) is 5.78 Å². The van der Waals surface area contributed by atoms with Crippen molar-refractivity contribution >= 4 is 40.0 Å². The quantitative estimate of drug-likeness (QED) is 0.573. The van der Waals surface area contributed by atoms with Gasteiger partial charge in [0.2, 0.25) is 0 Å². The van der Waals surface area contributed by atoms with Crippen LogP contribution >= 0.6 is 34.2 Å². The molecule has 0 N–H and O–H groups in total. The Kier molecular flexibility index (Phi) is 3.12. The maximum Gasteiger partial charge on any atom is 0.161 e. The second kappa shape index (κ2) is 3.75. The molecule has 0 saturated heterocycles. The van der Waals surface area contributed by atoms with E-state index in [0.29, 0.717) is 10.6 Å². The van der Waals surface area contributed by atoms with E-state index in [4.69, 9.17) is 11.6 Å². The van der Waals surface area contributed by atoms with Crippen molar-refractivity contribution in [1.82, 2.24) is 0 Å². The summed E-state index contributed by atoms with van der Waals surface area (Å²) in [5.41, 5.74) is 1.71. The third kappa shape index (κ3) is 1.80. The van der Waals surface area contributed by atoms with E-state index in [2.05, 4.69) is 22.6 Å².